The number of halogens is 2. The Morgan fingerprint density at radius 3 is 2.75 bits per heavy atom. The van der Waals surface area contributed by atoms with Crippen molar-refractivity contribution in [3.05, 3.63) is 45.7 Å². The third-order valence-electron chi connectivity index (χ3n) is 2.86. The molecule has 6 heteroatoms. The van der Waals surface area contributed by atoms with Crippen molar-refractivity contribution in [3.8, 4) is 5.75 Å². The smallest absolute Gasteiger partial charge is 0.119 e. The van der Waals surface area contributed by atoms with Crippen LogP contribution in [0.1, 0.15) is 25.1 Å². The first-order valence-corrected chi connectivity index (χ1v) is 7.64. The van der Waals surface area contributed by atoms with Gasteiger partial charge in [0.25, 0.3) is 0 Å². The van der Waals surface area contributed by atoms with Gasteiger partial charge in [-0.05, 0) is 46.6 Å². The Hall–Kier alpha value is -1.04. The summed E-state index contributed by atoms with van der Waals surface area (Å²) in [4.78, 5) is 0. The number of aryl methyl sites for hydroxylation is 1. The van der Waals surface area contributed by atoms with Crippen LogP contribution >= 0.6 is 27.5 Å². The molecule has 1 unspecified atom stereocenters. The lowest BCUT2D eigenvalue weighted by Crippen LogP contribution is -2.23. The van der Waals surface area contributed by atoms with E-state index in [9.17, 15) is 0 Å². The van der Waals surface area contributed by atoms with Crippen LogP contribution in [-0.4, -0.2) is 16.4 Å². The highest BCUT2D eigenvalue weighted by atomic mass is 79.9. The number of benzene rings is 1. The maximum Gasteiger partial charge on any atom is 0.119 e. The number of nitrogens with two attached hydrogens (primary N) is 1. The minimum atomic E-state index is -0.242. The second-order valence-corrected chi connectivity index (χ2v) is 5.76. The van der Waals surface area contributed by atoms with Gasteiger partial charge in [-0.15, -0.1) is 0 Å². The molecular formula is C14H17BrClN3O. The van der Waals surface area contributed by atoms with E-state index < -0.39 is 0 Å². The molecule has 0 aliphatic rings. The van der Waals surface area contributed by atoms with Crippen molar-refractivity contribution in [3.63, 3.8) is 0 Å². The minimum Gasteiger partial charge on any atom is -0.492 e. The van der Waals surface area contributed by atoms with Crippen LogP contribution < -0.4 is 10.5 Å². The quantitative estimate of drug-likeness (QED) is 0.855. The molecule has 0 fully saturated rings. The highest BCUT2D eigenvalue weighted by molar-refractivity contribution is 9.10. The molecule has 2 aromatic rings. The van der Waals surface area contributed by atoms with E-state index in [0.717, 1.165) is 28.9 Å². The molecule has 1 aromatic carbocycles. The Bertz CT molecular complexity index is 556. The molecular weight excluding hydrogens is 342 g/mol. The highest BCUT2D eigenvalue weighted by Gasteiger charge is 2.17. The Morgan fingerprint density at radius 2 is 2.10 bits per heavy atom. The monoisotopic (exact) mass is 357 g/mol. The van der Waals surface area contributed by atoms with E-state index in [4.69, 9.17) is 22.1 Å². The van der Waals surface area contributed by atoms with Crippen LogP contribution in [-0.2, 0) is 6.54 Å². The van der Waals surface area contributed by atoms with Crippen molar-refractivity contribution < 1.29 is 4.74 Å². The Kier molecular flexibility index (Phi) is 5.46. The van der Waals surface area contributed by atoms with E-state index in [2.05, 4.69) is 28.0 Å². The van der Waals surface area contributed by atoms with Crippen molar-refractivity contribution in [2.45, 2.75) is 25.9 Å². The van der Waals surface area contributed by atoms with Gasteiger partial charge in [0.1, 0.15) is 12.4 Å². The van der Waals surface area contributed by atoms with Gasteiger partial charge in [0, 0.05) is 11.6 Å². The number of ether oxygens (including phenoxy) is 1. The fourth-order valence-corrected chi connectivity index (χ4v) is 2.64. The zero-order valence-electron chi connectivity index (χ0n) is 11.2. The lowest BCUT2D eigenvalue weighted by molar-refractivity contribution is 0.283. The normalized spacial score (nSPS) is 12.4. The number of rotatable bonds is 6. The van der Waals surface area contributed by atoms with Gasteiger partial charge in [-0.1, -0.05) is 18.5 Å². The van der Waals surface area contributed by atoms with Crippen molar-refractivity contribution in [1.29, 1.82) is 0 Å². The molecule has 0 aliphatic carbocycles. The molecule has 108 valence electrons. The summed E-state index contributed by atoms with van der Waals surface area (Å²) < 4.78 is 8.52. The molecule has 2 rings (SSSR count). The van der Waals surface area contributed by atoms with Gasteiger partial charge in [-0.3, -0.25) is 4.68 Å². The molecule has 0 saturated carbocycles. The summed E-state index contributed by atoms with van der Waals surface area (Å²) in [6, 6.07) is 6.99. The molecule has 0 aliphatic heterocycles. The van der Waals surface area contributed by atoms with E-state index >= 15 is 0 Å². The molecule has 0 saturated heterocycles. The lowest BCUT2D eigenvalue weighted by Gasteiger charge is -2.16. The van der Waals surface area contributed by atoms with Gasteiger partial charge >= 0.3 is 0 Å². The third-order valence-corrected chi connectivity index (χ3v) is 3.73. The summed E-state index contributed by atoms with van der Waals surface area (Å²) >= 11 is 9.32. The zero-order valence-corrected chi connectivity index (χ0v) is 13.6. The molecule has 0 amide bonds. The van der Waals surface area contributed by atoms with Gasteiger partial charge in [-0.25, -0.2) is 0 Å². The van der Waals surface area contributed by atoms with Crippen molar-refractivity contribution in [2.75, 3.05) is 6.61 Å². The standard InChI is InChI=1S/C14H17BrClN3O/c1-2-7-19-14(12(15)8-18-19)13(17)9-20-11-5-3-10(16)4-6-11/h3-6,8,13H,2,7,9,17H2,1H3. The van der Waals surface area contributed by atoms with Gasteiger partial charge in [0.15, 0.2) is 0 Å². The summed E-state index contributed by atoms with van der Waals surface area (Å²) in [5, 5.41) is 5.00. The van der Waals surface area contributed by atoms with Crippen molar-refractivity contribution >= 4 is 27.5 Å². The molecule has 0 spiro atoms. The second-order valence-electron chi connectivity index (χ2n) is 4.47. The first-order valence-electron chi connectivity index (χ1n) is 6.47. The van der Waals surface area contributed by atoms with Gasteiger partial charge < -0.3 is 10.5 Å². The fourth-order valence-electron chi connectivity index (χ4n) is 1.93. The number of hydrogen-bond donors (Lipinski definition) is 1. The molecule has 1 aromatic heterocycles. The largest absolute Gasteiger partial charge is 0.492 e. The van der Waals surface area contributed by atoms with Crippen LogP contribution in [0.15, 0.2) is 34.9 Å². The zero-order chi connectivity index (χ0) is 14.5. The van der Waals surface area contributed by atoms with E-state index in [1.54, 1.807) is 18.3 Å². The molecule has 4 nitrogen and oxygen atoms in total. The second kappa shape index (κ2) is 7.11. The van der Waals surface area contributed by atoms with Gasteiger partial charge in [0.05, 0.1) is 22.4 Å². The topological polar surface area (TPSA) is 53.1 Å². The summed E-state index contributed by atoms with van der Waals surface area (Å²) in [5.74, 6) is 0.752. The van der Waals surface area contributed by atoms with Gasteiger partial charge in [0.2, 0.25) is 0 Å². The van der Waals surface area contributed by atoms with Crippen LogP contribution in [0.5, 0.6) is 5.75 Å². The highest BCUT2D eigenvalue weighted by Crippen LogP contribution is 2.23. The first-order chi connectivity index (χ1) is 9.61. The molecule has 2 N–H and O–H groups in total. The molecule has 20 heavy (non-hydrogen) atoms. The number of aromatic nitrogens is 2. The summed E-state index contributed by atoms with van der Waals surface area (Å²) in [7, 11) is 0. The van der Waals surface area contributed by atoms with Crippen LogP contribution in [0.4, 0.5) is 0 Å². The third kappa shape index (κ3) is 3.75. The first kappa shape index (κ1) is 15.4. The van der Waals surface area contributed by atoms with Crippen LogP contribution in [0.2, 0.25) is 5.02 Å². The predicted octanol–water partition coefficient (Wildman–Crippen LogP) is 3.79. The van der Waals surface area contributed by atoms with E-state index in [0.29, 0.717) is 11.6 Å². The molecule has 1 atom stereocenters. The lowest BCUT2D eigenvalue weighted by atomic mass is 10.2. The average Bonchev–Trinajstić information content (AvgIpc) is 2.79. The Labute approximate surface area is 132 Å². The Morgan fingerprint density at radius 1 is 1.40 bits per heavy atom. The number of nitrogens with zero attached hydrogens (tertiary/aromatic N) is 2. The van der Waals surface area contributed by atoms with Gasteiger partial charge in [-0.2, -0.15) is 5.10 Å². The number of hydrogen-bond acceptors (Lipinski definition) is 3. The fraction of sp³-hybridized carbons (Fsp3) is 0.357. The summed E-state index contributed by atoms with van der Waals surface area (Å²) in [6.07, 6.45) is 2.78. The molecule has 0 radical (unpaired) electrons. The SMILES string of the molecule is CCCn1ncc(Br)c1C(N)COc1ccc(Cl)cc1. The predicted molar refractivity (Wildman–Crippen MR) is 84.1 cm³/mol. The average molecular weight is 359 g/mol. The van der Waals surface area contributed by atoms with E-state index in [1.165, 1.54) is 0 Å². The van der Waals surface area contributed by atoms with Crippen LogP contribution in [0.25, 0.3) is 0 Å². The Balaban J connectivity index is 2.02. The van der Waals surface area contributed by atoms with E-state index in [-0.39, 0.29) is 6.04 Å². The summed E-state index contributed by atoms with van der Waals surface area (Å²) in [5.41, 5.74) is 7.17. The van der Waals surface area contributed by atoms with Crippen LogP contribution in [0, 0.1) is 0 Å². The van der Waals surface area contributed by atoms with Crippen molar-refractivity contribution in [2.24, 2.45) is 5.73 Å². The van der Waals surface area contributed by atoms with E-state index in [1.807, 2.05) is 16.8 Å². The summed E-state index contributed by atoms with van der Waals surface area (Å²) in [6.45, 7) is 3.33. The van der Waals surface area contributed by atoms with Crippen LogP contribution in [0.3, 0.4) is 0 Å². The molecule has 1 heterocycles. The maximum absolute atomic E-state index is 6.21. The maximum atomic E-state index is 6.21. The molecule has 0 bridgehead atoms. The van der Waals surface area contributed by atoms with Crippen molar-refractivity contribution in [1.82, 2.24) is 9.78 Å². The minimum absolute atomic E-state index is 0.242.